The van der Waals surface area contributed by atoms with Gasteiger partial charge in [0, 0.05) is 12.7 Å². The van der Waals surface area contributed by atoms with E-state index in [2.05, 4.69) is 10.1 Å². The van der Waals surface area contributed by atoms with Gasteiger partial charge in [0.05, 0.1) is 23.1 Å². The van der Waals surface area contributed by atoms with E-state index in [1.807, 2.05) is 48.9 Å². The Morgan fingerprint density at radius 1 is 1.17 bits per heavy atom. The predicted octanol–water partition coefficient (Wildman–Crippen LogP) is 3.46. The first kappa shape index (κ1) is 19.1. The second-order valence-corrected chi connectivity index (χ2v) is 7.98. The highest BCUT2D eigenvalue weighted by atomic mass is 32.1. The maximum Gasteiger partial charge on any atom is 0.349 e. The molecule has 0 unspecified atom stereocenters. The lowest BCUT2D eigenvalue weighted by Crippen LogP contribution is -2.16. The fourth-order valence-electron chi connectivity index (χ4n) is 3.24. The molecule has 0 N–H and O–H groups in total. The van der Waals surface area contributed by atoms with E-state index in [0.29, 0.717) is 20.7 Å². The molecule has 0 spiro atoms. The van der Waals surface area contributed by atoms with Crippen molar-refractivity contribution in [3.63, 3.8) is 0 Å². The molecule has 29 heavy (non-hydrogen) atoms. The number of aromatic nitrogens is 4. The average molecular weight is 408 g/mol. The number of fused-ring (bicyclic) bond motifs is 1. The van der Waals surface area contributed by atoms with E-state index in [1.54, 1.807) is 14.0 Å². The van der Waals surface area contributed by atoms with Gasteiger partial charge in [-0.15, -0.1) is 11.3 Å². The molecular weight excluding hydrogens is 388 g/mol. The van der Waals surface area contributed by atoms with Gasteiger partial charge in [-0.05, 0) is 50.1 Å². The van der Waals surface area contributed by atoms with Crippen LogP contribution in [0.3, 0.4) is 0 Å². The van der Waals surface area contributed by atoms with Crippen molar-refractivity contribution in [1.29, 1.82) is 0 Å². The highest BCUT2D eigenvalue weighted by Gasteiger charge is 2.20. The molecule has 0 radical (unpaired) electrons. The number of rotatable bonds is 4. The molecule has 8 heteroatoms. The molecule has 0 fully saturated rings. The number of hydrogen-bond donors (Lipinski definition) is 0. The molecule has 0 aliphatic carbocycles. The minimum Gasteiger partial charge on any atom is -0.457 e. The van der Waals surface area contributed by atoms with Crippen LogP contribution in [0, 0.1) is 20.8 Å². The predicted molar refractivity (Wildman–Crippen MR) is 112 cm³/mol. The van der Waals surface area contributed by atoms with Gasteiger partial charge in [0.15, 0.2) is 0 Å². The Kier molecular flexibility index (Phi) is 4.79. The summed E-state index contributed by atoms with van der Waals surface area (Å²) >= 11 is 1.18. The summed E-state index contributed by atoms with van der Waals surface area (Å²) in [5.74, 6) is -0.449. The zero-order valence-corrected chi connectivity index (χ0v) is 17.4. The topological polar surface area (TPSA) is 79.0 Å². The van der Waals surface area contributed by atoms with E-state index in [1.165, 1.54) is 22.2 Å². The summed E-state index contributed by atoms with van der Waals surface area (Å²) in [6.45, 7) is 5.86. The second kappa shape index (κ2) is 7.29. The number of aryl methyl sites for hydroxylation is 4. The Hall–Kier alpha value is -3.26. The number of esters is 1. The van der Waals surface area contributed by atoms with Crippen LogP contribution in [0.25, 0.3) is 15.9 Å². The Morgan fingerprint density at radius 2 is 1.90 bits per heavy atom. The van der Waals surface area contributed by atoms with Gasteiger partial charge in [-0.2, -0.15) is 5.10 Å². The Labute approximate surface area is 171 Å². The molecular formula is C21H20N4O3S. The van der Waals surface area contributed by atoms with Gasteiger partial charge in [0.2, 0.25) is 0 Å². The first-order valence-corrected chi connectivity index (χ1v) is 9.91. The standard InChI is InChI=1S/C21H20N4O3S/c1-12-9-13(2)25(23-12)16-7-5-15(6-8-16)10-28-21(27)18-14(3)17-19(29-18)22-11-24(4)20(17)26/h5-9,11H,10H2,1-4H3. The molecule has 0 aliphatic rings. The van der Waals surface area contributed by atoms with Gasteiger partial charge < -0.3 is 9.30 Å². The van der Waals surface area contributed by atoms with Crippen LogP contribution in [0.1, 0.15) is 32.2 Å². The average Bonchev–Trinajstić information content (AvgIpc) is 3.22. The van der Waals surface area contributed by atoms with Crippen molar-refractivity contribution in [3.05, 3.63) is 74.4 Å². The molecule has 0 aliphatic heterocycles. The minimum atomic E-state index is -0.449. The zero-order valence-electron chi connectivity index (χ0n) is 16.6. The quantitative estimate of drug-likeness (QED) is 0.483. The molecule has 0 saturated heterocycles. The number of ether oxygens (including phenoxy) is 1. The molecule has 3 heterocycles. The zero-order chi connectivity index (χ0) is 20.7. The highest BCUT2D eigenvalue weighted by Crippen LogP contribution is 2.27. The van der Waals surface area contributed by atoms with Gasteiger partial charge in [-0.1, -0.05) is 12.1 Å². The summed E-state index contributed by atoms with van der Waals surface area (Å²) in [6, 6.07) is 9.73. The molecule has 7 nitrogen and oxygen atoms in total. The molecule has 0 amide bonds. The van der Waals surface area contributed by atoms with E-state index in [0.717, 1.165) is 22.6 Å². The third kappa shape index (κ3) is 3.47. The number of carbonyl (C=O) groups excluding carboxylic acids is 1. The van der Waals surface area contributed by atoms with Crippen molar-refractivity contribution in [2.45, 2.75) is 27.4 Å². The lowest BCUT2D eigenvalue weighted by Gasteiger charge is -2.07. The van der Waals surface area contributed by atoms with Gasteiger partial charge in [-0.3, -0.25) is 4.79 Å². The lowest BCUT2D eigenvalue weighted by atomic mass is 10.2. The van der Waals surface area contributed by atoms with E-state index in [4.69, 9.17) is 4.74 Å². The first-order valence-electron chi connectivity index (χ1n) is 9.09. The van der Waals surface area contributed by atoms with Crippen LogP contribution < -0.4 is 5.56 Å². The van der Waals surface area contributed by atoms with Crippen LogP contribution in [-0.2, 0) is 18.4 Å². The summed E-state index contributed by atoms with van der Waals surface area (Å²) in [5, 5.41) is 4.94. The first-order chi connectivity index (χ1) is 13.8. The normalized spacial score (nSPS) is 11.2. The van der Waals surface area contributed by atoms with E-state index >= 15 is 0 Å². The fraction of sp³-hybridized carbons (Fsp3) is 0.238. The van der Waals surface area contributed by atoms with Crippen LogP contribution in [0.2, 0.25) is 0 Å². The molecule has 0 atom stereocenters. The number of hydrogen-bond acceptors (Lipinski definition) is 6. The summed E-state index contributed by atoms with van der Waals surface area (Å²) in [6.07, 6.45) is 1.46. The van der Waals surface area contributed by atoms with Crippen molar-refractivity contribution in [1.82, 2.24) is 19.3 Å². The largest absolute Gasteiger partial charge is 0.457 e. The van der Waals surface area contributed by atoms with Crippen LogP contribution >= 0.6 is 11.3 Å². The molecule has 148 valence electrons. The van der Waals surface area contributed by atoms with Crippen LogP contribution in [-0.4, -0.2) is 25.3 Å². The monoisotopic (exact) mass is 408 g/mol. The third-order valence-electron chi connectivity index (χ3n) is 4.76. The Morgan fingerprint density at radius 3 is 2.55 bits per heavy atom. The van der Waals surface area contributed by atoms with Crippen LogP contribution in [0.4, 0.5) is 0 Å². The minimum absolute atomic E-state index is 0.148. The Bertz CT molecular complexity index is 1280. The summed E-state index contributed by atoms with van der Waals surface area (Å²) in [4.78, 5) is 30.1. The summed E-state index contributed by atoms with van der Waals surface area (Å²) in [7, 11) is 1.64. The van der Waals surface area contributed by atoms with Crippen molar-refractivity contribution >= 4 is 27.5 Å². The molecule has 3 aromatic heterocycles. The maximum absolute atomic E-state index is 12.6. The Balaban J connectivity index is 1.51. The maximum atomic E-state index is 12.6. The smallest absolute Gasteiger partial charge is 0.349 e. The molecule has 1 aromatic carbocycles. The van der Waals surface area contributed by atoms with Crippen molar-refractivity contribution in [2.24, 2.45) is 7.05 Å². The van der Waals surface area contributed by atoms with E-state index in [9.17, 15) is 9.59 Å². The summed E-state index contributed by atoms with van der Waals surface area (Å²) in [5.41, 5.74) is 4.29. The third-order valence-corrected chi connectivity index (χ3v) is 5.94. The molecule has 4 rings (SSSR count). The number of carbonyl (C=O) groups is 1. The number of benzene rings is 1. The molecule has 0 saturated carbocycles. The van der Waals surface area contributed by atoms with E-state index < -0.39 is 5.97 Å². The van der Waals surface area contributed by atoms with Gasteiger partial charge in [0.1, 0.15) is 16.3 Å². The fourth-order valence-corrected chi connectivity index (χ4v) is 4.27. The second-order valence-electron chi connectivity index (χ2n) is 6.98. The number of thiophene rings is 1. The SMILES string of the molecule is Cc1cc(C)n(-c2ccc(COC(=O)c3sc4ncn(C)c(=O)c4c3C)cc2)n1. The summed E-state index contributed by atoms with van der Waals surface area (Å²) < 4.78 is 8.76. The van der Waals surface area contributed by atoms with Crippen molar-refractivity contribution in [3.8, 4) is 5.69 Å². The van der Waals surface area contributed by atoms with E-state index in [-0.39, 0.29) is 12.2 Å². The van der Waals surface area contributed by atoms with Gasteiger partial charge in [0.25, 0.3) is 5.56 Å². The van der Waals surface area contributed by atoms with Crippen molar-refractivity contribution in [2.75, 3.05) is 0 Å². The highest BCUT2D eigenvalue weighted by molar-refractivity contribution is 7.20. The molecule has 4 aromatic rings. The molecule has 0 bridgehead atoms. The van der Waals surface area contributed by atoms with Crippen molar-refractivity contribution < 1.29 is 9.53 Å². The van der Waals surface area contributed by atoms with Crippen LogP contribution in [0.5, 0.6) is 0 Å². The lowest BCUT2D eigenvalue weighted by molar-refractivity contribution is 0.0478. The van der Waals surface area contributed by atoms with Gasteiger partial charge in [-0.25, -0.2) is 14.5 Å². The number of nitrogens with zero attached hydrogens (tertiary/aromatic N) is 4. The van der Waals surface area contributed by atoms with Gasteiger partial charge >= 0.3 is 5.97 Å². The van der Waals surface area contributed by atoms with Crippen LogP contribution in [0.15, 0.2) is 41.5 Å².